The molecule has 0 aliphatic rings. The van der Waals surface area contributed by atoms with Gasteiger partial charge in [0.1, 0.15) is 0 Å². The van der Waals surface area contributed by atoms with Crippen LogP contribution in [0, 0.1) is 0 Å². The van der Waals surface area contributed by atoms with Crippen LogP contribution in [0.5, 0.6) is 0 Å². The van der Waals surface area contributed by atoms with E-state index in [1.807, 2.05) is 49.4 Å². The molecule has 2 heterocycles. The minimum absolute atomic E-state index is 0.100. The number of amides is 1. The quantitative estimate of drug-likeness (QED) is 0.427. The van der Waals surface area contributed by atoms with Crippen molar-refractivity contribution in [2.24, 2.45) is 0 Å². The van der Waals surface area contributed by atoms with Gasteiger partial charge >= 0.3 is 0 Å². The van der Waals surface area contributed by atoms with E-state index >= 15 is 0 Å². The molecule has 0 aliphatic heterocycles. The highest BCUT2D eigenvalue weighted by atomic mass is 32.2. The lowest BCUT2D eigenvalue weighted by atomic mass is 10.1. The number of carbonyl (C=O) groups excluding carboxylic acids is 1. The van der Waals surface area contributed by atoms with Crippen molar-refractivity contribution in [3.63, 3.8) is 0 Å². The number of nitrogens with zero attached hydrogens (tertiary/aromatic N) is 5. The summed E-state index contributed by atoms with van der Waals surface area (Å²) in [6, 6.07) is 14.0. The van der Waals surface area contributed by atoms with E-state index in [-0.39, 0.29) is 18.2 Å². The molecular formula is C20H19N5O3S. The summed E-state index contributed by atoms with van der Waals surface area (Å²) in [6.07, 6.45) is 0.688. The Morgan fingerprint density at radius 2 is 1.97 bits per heavy atom. The number of thioether (sulfide) groups is 1. The third-order valence-corrected chi connectivity index (χ3v) is 5.15. The van der Waals surface area contributed by atoms with Crippen molar-refractivity contribution in [2.75, 3.05) is 12.8 Å². The lowest BCUT2D eigenvalue weighted by Crippen LogP contribution is -2.27. The first-order valence-corrected chi connectivity index (χ1v) is 10.1. The standard InChI is InChI=1S/C20H19N5O3S/c1-3-16-21-17(28-24-16)11-25(2)18(26)12-29-20-23-22-19(27-20)15-9-8-13-6-4-5-7-14(13)10-15/h4-10H,3,11-12H2,1-2H3. The van der Waals surface area contributed by atoms with Gasteiger partial charge in [0.2, 0.25) is 17.7 Å². The number of aryl methyl sites for hydroxylation is 1. The molecule has 0 aliphatic carbocycles. The van der Waals surface area contributed by atoms with Gasteiger partial charge in [0.05, 0.1) is 12.3 Å². The van der Waals surface area contributed by atoms with E-state index in [9.17, 15) is 4.79 Å². The van der Waals surface area contributed by atoms with Gasteiger partial charge < -0.3 is 13.8 Å². The van der Waals surface area contributed by atoms with Gasteiger partial charge in [0, 0.05) is 19.0 Å². The molecule has 0 bridgehead atoms. The fourth-order valence-corrected chi connectivity index (χ4v) is 3.43. The maximum atomic E-state index is 12.3. The lowest BCUT2D eigenvalue weighted by molar-refractivity contribution is -0.127. The molecule has 4 rings (SSSR count). The minimum Gasteiger partial charge on any atom is -0.411 e. The zero-order valence-electron chi connectivity index (χ0n) is 16.0. The number of hydrogen-bond donors (Lipinski definition) is 0. The Balaban J connectivity index is 1.36. The molecule has 0 radical (unpaired) electrons. The normalized spacial score (nSPS) is 11.1. The Labute approximate surface area is 171 Å². The van der Waals surface area contributed by atoms with Crippen molar-refractivity contribution < 1.29 is 13.7 Å². The van der Waals surface area contributed by atoms with E-state index in [0.29, 0.717) is 29.2 Å². The molecule has 0 saturated carbocycles. The van der Waals surface area contributed by atoms with Crippen LogP contribution in [0.1, 0.15) is 18.6 Å². The van der Waals surface area contributed by atoms with Crippen LogP contribution in [0.15, 0.2) is 56.6 Å². The van der Waals surface area contributed by atoms with Crippen LogP contribution in [0.3, 0.4) is 0 Å². The lowest BCUT2D eigenvalue weighted by Gasteiger charge is -2.13. The van der Waals surface area contributed by atoms with E-state index in [2.05, 4.69) is 20.3 Å². The fourth-order valence-electron chi connectivity index (χ4n) is 2.73. The Morgan fingerprint density at radius 1 is 1.14 bits per heavy atom. The zero-order valence-corrected chi connectivity index (χ0v) is 16.8. The summed E-state index contributed by atoms with van der Waals surface area (Å²) in [5, 5.41) is 14.6. The summed E-state index contributed by atoms with van der Waals surface area (Å²) in [4.78, 5) is 18.1. The maximum absolute atomic E-state index is 12.3. The van der Waals surface area contributed by atoms with Gasteiger partial charge in [-0.1, -0.05) is 54.2 Å². The van der Waals surface area contributed by atoms with Crippen LogP contribution in [0.4, 0.5) is 0 Å². The van der Waals surface area contributed by atoms with Crippen LogP contribution in [0.25, 0.3) is 22.2 Å². The maximum Gasteiger partial charge on any atom is 0.277 e. The predicted molar refractivity (Wildman–Crippen MR) is 108 cm³/mol. The van der Waals surface area contributed by atoms with Crippen molar-refractivity contribution in [3.05, 3.63) is 54.2 Å². The van der Waals surface area contributed by atoms with Gasteiger partial charge in [-0.15, -0.1) is 10.2 Å². The number of rotatable bonds is 7. The minimum atomic E-state index is -0.100. The Bertz CT molecular complexity index is 1140. The summed E-state index contributed by atoms with van der Waals surface area (Å²) >= 11 is 1.20. The number of hydrogen-bond acceptors (Lipinski definition) is 8. The molecular weight excluding hydrogens is 390 g/mol. The Morgan fingerprint density at radius 3 is 2.76 bits per heavy atom. The summed E-state index contributed by atoms with van der Waals surface area (Å²) in [5.41, 5.74) is 0.842. The third kappa shape index (κ3) is 4.45. The van der Waals surface area contributed by atoms with Crippen molar-refractivity contribution in [1.82, 2.24) is 25.2 Å². The highest BCUT2D eigenvalue weighted by Crippen LogP contribution is 2.26. The van der Waals surface area contributed by atoms with Crippen LogP contribution >= 0.6 is 11.8 Å². The first-order valence-electron chi connectivity index (χ1n) is 9.13. The summed E-state index contributed by atoms with van der Waals surface area (Å²) in [6.45, 7) is 2.20. The molecule has 29 heavy (non-hydrogen) atoms. The van der Waals surface area contributed by atoms with Crippen LogP contribution in [-0.2, 0) is 17.8 Å². The van der Waals surface area contributed by atoms with Crippen LogP contribution in [0.2, 0.25) is 0 Å². The third-order valence-electron chi connectivity index (χ3n) is 4.35. The van der Waals surface area contributed by atoms with Crippen molar-refractivity contribution >= 4 is 28.4 Å². The molecule has 148 valence electrons. The van der Waals surface area contributed by atoms with Gasteiger partial charge in [-0.25, -0.2) is 0 Å². The van der Waals surface area contributed by atoms with Gasteiger partial charge in [0.15, 0.2) is 5.82 Å². The molecule has 0 saturated heterocycles. The van der Waals surface area contributed by atoms with E-state index in [4.69, 9.17) is 8.94 Å². The highest BCUT2D eigenvalue weighted by molar-refractivity contribution is 7.99. The Hall–Kier alpha value is -3.20. The van der Waals surface area contributed by atoms with E-state index in [1.165, 1.54) is 16.7 Å². The van der Waals surface area contributed by atoms with Gasteiger partial charge in [-0.2, -0.15) is 4.98 Å². The topological polar surface area (TPSA) is 98.2 Å². The number of benzene rings is 2. The highest BCUT2D eigenvalue weighted by Gasteiger charge is 2.16. The van der Waals surface area contributed by atoms with Crippen molar-refractivity contribution in [1.29, 1.82) is 0 Å². The van der Waals surface area contributed by atoms with Gasteiger partial charge in [-0.05, 0) is 22.9 Å². The van der Waals surface area contributed by atoms with Gasteiger partial charge in [-0.3, -0.25) is 4.79 Å². The summed E-state index contributed by atoms with van der Waals surface area (Å²) < 4.78 is 10.8. The molecule has 8 nitrogen and oxygen atoms in total. The molecule has 2 aromatic carbocycles. The van der Waals surface area contributed by atoms with Crippen LogP contribution < -0.4 is 0 Å². The molecule has 0 atom stereocenters. The number of aromatic nitrogens is 4. The fraction of sp³-hybridized carbons (Fsp3) is 0.250. The second kappa shape index (κ2) is 8.44. The predicted octanol–water partition coefficient (Wildman–Crippen LogP) is 3.59. The molecule has 1 amide bonds. The average molecular weight is 409 g/mol. The Kier molecular flexibility index (Phi) is 5.57. The zero-order chi connectivity index (χ0) is 20.2. The number of fused-ring (bicyclic) bond motifs is 1. The first kappa shape index (κ1) is 19.1. The molecule has 9 heteroatoms. The second-order valence-electron chi connectivity index (χ2n) is 6.43. The van der Waals surface area contributed by atoms with E-state index < -0.39 is 0 Å². The average Bonchev–Trinajstić information content (AvgIpc) is 3.41. The second-order valence-corrected chi connectivity index (χ2v) is 7.36. The smallest absolute Gasteiger partial charge is 0.277 e. The molecule has 0 N–H and O–H groups in total. The van der Waals surface area contributed by atoms with Crippen molar-refractivity contribution in [2.45, 2.75) is 25.1 Å². The molecule has 0 spiro atoms. The largest absolute Gasteiger partial charge is 0.411 e. The van der Waals surface area contributed by atoms with Crippen molar-refractivity contribution in [3.8, 4) is 11.5 Å². The molecule has 2 aromatic heterocycles. The molecule has 4 aromatic rings. The summed E-state index contributed by atoms with van der Waals surface area (Å²) in [5.74, 6) is 1.54. The summed E-state index contributed by atoms with van der Waals surface area (Å²) in [7, 11) is 1.69. The van der Waals surface area contributed by atoms with E-state index in [1.54, 1.807) is 7.05 Å². The first-order chi connectivity index (χ1) is 14.1. The van der Waals surface area contributed by atoms with Crippen LogP contribution in [-0.4, -0.2) is 43.9 Å². The molecule has 0 fully saturated rings. The SMILES string of the molecule is CCc1noc(CN(C)C(=O)CSc2nnc(-c3ccc4ccccc4c3)o2)n1. The number of carbonyl (C=O) groups is 1. The van der Waals surface area contributed by atoms with Gasteiger partial charge in [0.25, 0.3) is 5.22 Å². The monoisotopic (exact) mass is 409 g/mol. The molecule has 0 unspecified atom stereocenters. The van der Waals surface area contributed by atoms with E-state index in [0.717, 1.165) is 16.3 Å².